The zero-order valence-electron chi connectivity index (χ0n) is 26.1. The standard InChI is InChI=1S/C32H41N5O6S/c1-6-43-26-16-14-24(37(3,44(39)40)18-17-22-13-15-27(41-4)28(19-22)42-5)20-25(26)30-34-32(38)29-21(2)33-31(36(29)35-30)23-11-9-7-8-10-12-23/h13-16,19-20,23H,6-12,17-18H2,1-5H3,(H-,34,35,38,39,40)/p+1. The Balaban J connectivity index is 1.57. The second-order valence-electron chi connectivity index (χ2n) is 11.4. The fourth-order valence-corrected chi connectivity index (χ4v) is 6.61. The predicted octanol–water partition coefficient (Wildman–Crippen LogP) is 5.56. The molecule has 1 fully saturated rings. The minimum absolute atomic E-state index is 0.229. The molecule has 0 bridgehead atoms. The highest BCUT2D eigenvalue weighted by Gasteiger charge is 2.34. The number of benzene rings is 2. The maximum absolute atomic E-state index is 13.5. The summed E-state index contributed by atoms with van der Waals surface area (Å²) in [6.07, 6.45) is 7.19. The molecule has 1 aliphatic rings. The molecule has 2 unspecified atom stereocenters. The number of likely N-dealkylation sites (N-methyl/N-ethyl adjacent to an activating group) is 1. The van der Waals surface area contributed by atoms with Crippen LogP contribution in [0.15, 0.2) is 41.2 Å². The van der Waals surface area contributed by atoms with E-state index in [4.69, 9.17) is 24.3 Å². The van der Waals surface area contributed by atoms with Crippen LogP contribution in [0.1, 0.15) is 68.4 Å². The maximum Gasteiger partial charge on any atom is 0.363 e. The van der Waals surface area contributed by atoms with Gasteiger partial charge in [-0.25, -0.2) is 9.50 Å². The van der Waals surface area contributed by atoms with E-state index in [1.807, 2.05) is 32.0 Å². The van der Waals surface area contributed by atoms with Crippen LogP contribution in [0.3, 0.4) is 0 Å². The van der Waals surface area contributed by atoms with Crippen molar-refractivity contribution in [3.05, 3.63) is 63.8 Å². The molecule has 2 aromatic carbocycles. The van der Waals surface area contributed by atoms with Crippen LogP contribution in [-0.4, -0.2) is 62.8 Å². The number of rotatable bonds is 11. The Morgan fingerprint density at radius 3 is 2.41 bits per heavy atom. The summed E-state index contributed by atoms with van der Waals surface area (Å²) in [4.78, 5) is 21.2. The van der Waals surface area contributed by atoms with Gasteiger partial charge in [0.15, 0.2) is 22.8 Å². The van der Waals surface area contributed by atoms with E-state index in [2.05, 4.69) is 4.98 Å². The summed E-state index contributed by atoms with van der Waals surface area (Å²) in [5, 5.41) is 4.92. The van der Waals surface area contributed by atoms with Crippen LogP contribution in [-0.2, 0) is 17.7 Å². The third kappa shape index (κ3) is 6.24. The van der Waals surface area contributed by atoms with Crippen molar-refractivity contribution in [1.82, 2.24) is 23.5 Å². The van der Waals surface area contributed by atoms with Crippen molar-refractivity contribution in [3.63, 3.8) is 0 Å². The summed E-state index contributed by atoms with van der Waals surface area (Å²) in [7, 11) is 4.86. The zero-order valence-corrected chi connectivity index (χ0v) is 26.9. The van der Waals surface area contributed by atoms with E-state index in [-0.39, 0.29) is 15.4 Å². The van der Waals surface area contributed by atoms with Crippen molar-refractivity contribution in [2.75, 3.05) is 34.4 Å². The molecule has 2 atom stereocenters. The molecule has 0 aliphatic heterocycles. The maximum atomic E-state index is 13.5. The number of H-pyrrole nitrogens is 1. The number of nitrogens with one attached hydrogen (secondary N) is 1. The van der Waals surface area contributed by atoms with Crippen molar-refractivity contribution in [2.45, 2.75) is 64.7 Å². The summed E-state index contributed by atoms with van der Waals surface area (Å²) in [5.41, 5.74) is 2.83. The number of hydrogen-bond donors (Lipinski definition) is 2. The molecule has 11 nitrogen and oxygen atoms in total. The van der Waals surface area contributed by atoms with E-state index < -0.39 is 11.3 Å². The van der Waals surface area contributed by atoms with E-state index in [1.54, 1.807) is 44.0 Å². The minimum atomic E-state index is -2.28. The molecular formula is C32H42N5O6S+. The van der Waals surface area contributed by atoms with Gasteiger partial charge in [-0.1, -0.05) is 31.7 Å². The van der Waals surface area contributed by atoms with Crippen molar-refractivity contribution in [2.24, 2.45) is 0 Å². The molecule has 12 heteroatoms. The molecule has 44 heavy (non-hydrogen) atoms. The highest BCUT2D eigenvalue weighted by molar-refractivity contribution is 7.78. The number of aryl methyl sites for hydroxylation is 1. The first-order valence-electron chi connectivity index (χ1n) is 15.2. The van der Waals surface area contributed by atoms with Crippen LogP contribution >= 0.6 is 0 Å². The molecule has 0 spiro atoms. The van der Waals surface area contributed by atoms with E-state index in [0.717, 1.165) is 37.1 Å². The fourth-order valence-electron chi connectivity index (χ4n) is 6.07. The van der Waals surface area contributed by atoms with Gasteiger partial charge in [0.1, 0.15) is 23.8 Å². The monoisotopic (exact) mass is 624 g/mol. The average Bonchev–Trinajstić information content (AvgIpc) is 3.17. The number of fused-ring (bicyclic) bond motifs is 1. The van der Waals surface area contributed by atoms with Crippen molar-refractivity contribution >= 4 is 22.5 Å². The first-order chi connectivity index (χ1) is 21.2. The number of aromatic amines is 1. The number of quaternary nitrogens is 1. The summed E-state index contributed by atoms with van der Waals surface area (Å²) >= 11 is -2.28. The lowest BCUT2D eigenvalue weighted by Crippen LogP contribution is -2.48. The number of imidazole rings is 1. The summed E-state index contributed by atoms with van der Waals surface area (Å²) in [6, 6.07) is 10.9. The molecular weight excluding hydrogens is 582 g/mol. The quantitative estimate of drug-likeness (QED) is 0.126. The molecule has 236 valence electrons. The van der Waals surface area contributed by atoms with E-state index in [1.165, 1.54) is 12.8 Å². The predicted molar refractivity (Wildman–Crippen MR) is 172 cm³/mol. The van der Waals surface area contributed by atoms with Crippen LogP contribution in [0.25, 0.3) is 16.9 Å². The van der Waals surface area contributed by atoms with Gasteiger partial charge < -0.3 is 19.2 Å². The third-order valence-electron chi connectivity index (χ3n) is 8.61. The number of aromatic nitrogens is 4. The molecule has 2 heterocycles. The normalized spacial score (nSPS) is 16.3. The fraction of sp³-hybridized carbons (Fsp3) is 0.469. The van der Waals surface area contributed by atoms with Crippen molar-refractivity contribution in [1.29, 1.82) is 0 Å². The minimum Gasteiger partial charge on any atom is -0.493 e. The Kier molecular flexibility index (Phi) is 9.72. The third-order valence-corrected chi connectivity index (χ3v) is 9.69. The SMILES string of the molecule is CCOc1ccc([N+](C)(CCc2ccc(OC)c(OC)c2)S(=O)O)cc1-c1nn2c(C3CCCCCC3)nc(C)c2c(=O)[nH]1. The smallest absolute Gasteiger partial charge is 0.363 e. The van der Waals surface area contributed by atoms with Gasteiger partial charge in [0.25, 0.3) is 5.56 Å². The average molecular weight is 625 g/mol. The molecule has 0 saturated heterocycles. The van der Waals surface area contributed by atoms with Crippen LogP contribution in [0, 0.1) is 6.92 Å². The summed E-state index contributed by atoms with van der Waals surface area (Å²) < 4.78 is 41.7. The van der Waals surface area contributed by atoms with Crippen molar-refractivity contribution in [3.8, 4) is 28.6 Å². The van der Waals surface area contributed by atoms with E-state index in [0.29, 0.717) is 65.1 Å². The van der Waals surface area contributed by atoms with Gasteiger partial charge in [-0.15, -0.1) is 5.10 Å². The second kappa shape index (κ2) is 13.5. The van der Waals surface area contributed by atoms with Crippen LogP contribution in [0.5, 0.6) is 17.2 Å². The number of nitrogens with zero attached hydrogens (tertiary/aromatic N) is 4. The Hall–Kier alpha value is -3.74. The van der Waals surface area contributed by atoms with Crippen LogP contribution in [0.4, 0.5) is 5.69 Å². The van der Waals surface area contributed by atoms with Gasteiger partial charge >= 0.3 is 11.3 Å². The zero-order chi connectivity index (χ0) is 31.4. The molecule has 1 aliphatic carbocycles. The molecule has 4 aromatic rings. The number of ether oxygens (including phenoxy) is 3. The lowest BCUT2D eigenvalue weighted by molar-refractivity contribution is 0.341. The molecule has 0 amide bonds. The molecule has 5 rings (SSSR count). The molecule has 2 aromatic heterocycles. The van der Waals surface area contributed by atoms with E-state index in [9.17, 15) is 13.6 Å². The molecule has 1 saturated carbocycles. The Morgan fingerprint density at radius 1 is 1.05 bits per heavy atom. The Bertz CT molecular complexity index is 1710. The first-order valence-corrected chi connectivity index (χ1v) is 16.2. The van der Waals surface area contributed by atoms with Gasteiger partial charge in [-0.05, 0) is 50.5 Å². The highest BCUT2D eigenvalue weighted by atomic mass is 32.2. The van der Waals surface area contributed by atoms with Crippen molar-refractivity contribution < 1.29 is 23.0 Å². The highest BCUT2D eigenvalue weighted by Crippen LogP contribution is 2.36. The van der Waals surface area contributed by atoms with Gasteiger partial charge in [0, 0.05) is 24.5 Å². The van der Waals surface area contributed by atoms with Gasteiger partial charge in [-0.2, -0.15) is 8.10 Å². The molecule has 0 radical (unpaired) electrons. The van der Waals surface area contributed by atoms with E-state index >= 15 is 0 Å². The summed E-state index contributed by atoms with van der Waals surface area (Å²) in [6.45, 7) is 4.43. The topological polar surface area (TPSA) is 128 Å². The Morgan fingerprint density at radius 2 is 1.75 bits per heavy atom. The molecule has 2 N–H and O–H groups in total. The summed E-state index contributed by atoms with van der Waals surface area (Å²) in [5.74, 6) is 3.08. The first kappa shape index (κ1) is 31.7. The van der Waals surface area contributed by atoms with Gasteiger partial charge in [-0.3, -0.25) is 9.35 Å². The lowest BCUT2D eigenvalue weighted by Gasteiger charge is -2.29. The van der Waals surface area contributed by atoms with Gasteiger partial charge in [0.05, 0.1) is 39.1 Å². The lowest BCUT2D eigenvalue weighted by atomic mass is 10.00. The van der Waals surface area contributed by atoms with Crippen LogP contribution < -0.4 is 23.7 Å². The van der Waals surface area contributed by atoms with Crippen LogP contribution in [0.2, 0.25) is 0 Å². The largest absolute Gasteiger partial charge is 0.493 e. The van der Waals surface area contributed by atoms with Gasteiger partial charge in [0.2, 0.25) is 0 Å². The Labute approximate surface area is 260 Å². The number of methoxy groups -OCH3 is 2. The number of hydrogen-bond acceptors (Lipinski definition) is 7. The second-order valence-corrected chi connectivity index (χ2v) is 12.7.